The van der Waals surface area contributed by atoms with Gasteiger partial charge < -0.3 is 87.7 Å². The van der Waals surface area contributed by atoms with Gasteiger partial charge in [-0.1, -0.05) is 140 Å². The number of pyridine rings is 3. The quantitative estimate of drug-likeness (QED) is 0.0724. The summed E-state index contributed by atoms with van der Waals surface area (Å²) in [4.78, 5) is 138. The third-order valence-corrected chi connectivity index (χ3v) is 32.6. The number of nitrogens with zero attached hydrogens (tertiary/aromatic N) is 6. The van der Waals surface area contributed by atoms with Crippen LogP contribution in [-0.4, -0.2) is 198 Å². The summed E-state index contributed by atoms with van der Waals surface area (Å²) in [5, 5.41) is 10.8. The van der Waals surface area contributed by atoms with Crippen LogP contribution in [0.3, 0.4) is 0 Å². The minimum absolute atomic E-state index is 0. The molecule has 141 heavy (non-hydrogen) atoms. The van der Waals surface area contributed by atoms with Gasteiger partial charge in [0.2, 0.25) is 23.6 Å². The SMILES string of the molecule is CC[C@@H]1[C@@H]2CN(C(=O)[C@H](C(C)(C)C)NC(=O)O[C@@H]3[C@H]4CC[C@H](C4)[C@H]3CCCCC(F)(F)c3nc4ccc(OC)cc4cc3O2)[C@@H]1[C-]=O.CC[C@@H]1[C@@H]2CN(C(=O)[C@H](C(C)(C)C)NC(=O)O[C@@H]3[C@H]4CC[C@H](C4)[C@H]3CCCCCc3cc4ccc(OC)cc4nc3O2)[C@@H]1[C-]=O.COc1ccc2nc3c(cc2c1)O[C@H]1CN(C(=O)[C@H](C(C)(C)C)NC(=O)O[C@@H]2[C@H]4CC[C@H](C4)[C@H]2CCCCC3(F)F)[C@H]([C-]=O)[C@@H]1C.[V].[V].[V]. The minimum atomic E-state index is -3.30. The first-order chi connectivity index (χ1) is 65.7. The Bertz CT molecular complexity index is 5490. The molecule has 6 aliphatic carbocycles. The van der Waals surface area contributed by atoms with Crippen LogP contribution in [0.2, 0.25) is 0 Å². The Labute approximate surface area is 860 Å². The van der Waals surface area contributed by atoms with Crippen molar-refractivity contribution in [3.8, 4) is 34.6 Å². The van der Waals surface area contributed by atoms with Gasteiger partial charge in [0.15, 0.2) is 11.4 Å². The number of alkyl carbamates (subject to hydrolysis) is 3. The van der Waals surface area contributed by atoms with Crippen molar-refractivity contribution in [2.24, 2.45) is 87.3 Å². The maximum Gasteiger partial charge on any atom is 0.408 e. The third kappa shape index (κ3) is 23.3. The van der Waals surface area contributed by atoms with E-state index in [9.17, 15) is 43.2 Å². The van der Waals surface area contributed by atoms with E-state index in [1.807, 2.05) is 107 Å². The predicted molar refractivity (Wildman–Crippen MR) is 508 cm³/mol. The second-order valence-corrected chi connectivity index (χ2v) is 44.4. The number of methoxy groups -OCH3 is 3. The monoisotopic (exact) mass is 2070 g/mol. The number of aromatic nitrogens is 3. The molecule has 27 nitrogen and oxygen atoms in total. The average Bonchev–Trinajstić information content (AvgIpc) is 1.69. The molecule has 9 fully saturated rings. The third-order valence-electron chi connectivity index (χ3n) is 32.6. The molecule has 9 heterocycles. The number of hydrogen-bond acceptors (Lipinski definition) is 21. The molecule has 12 bridgehead atoms. The molecular formula is C107H138F4N9O18V3-3. The van der Waals surface area contributed by atoms with Gasteiger partial charge in [0.05, 0.1) is 57.5 Å². The number of carbonyl (C=O) groups is 6. The molecule has 3 aromatic carbocycles. The number of ether oxygens (including phenoxy) is 9. The number of amides is 6. The largest absolute Gasteiger partial charge is 0.540 e. The molecule has 6 saturated carbocycles. The van der Waals surface area contributed by atoms with Crippen LogP contribution in [0, 0.1) is 87.3 Å². The summed E-state index contributed by atoms with van der Waals surface area (Å²) in [6.07, 6.45) is 18.9. The molecule has 6 amide bonds. The van der Waals surface area contributed by atoms with E-state index in [1.165, 1.54) is 30.4 Å². The van der Waals surface area contributed by atoms with Gasteiger partial charge in [0.1, 0.15) is 83.5 Å². The Morgan fingerprint density at radius 2 is 0.773 bits per heavy atom. The number of nitrogens with one attached hydrogen (secondary N) is 3. The fraction of sp³-hybridized carbons (Fsp3) is 0.664. The van der Waals surface area contributed by atoms with E-state index in [-0.39, 0.29) is 153 Å². The van der Waals surface area contributed by atoms with Crippen LogP contribution in [0.4, 0.5) is 31.9 Å². The summed E-state index contributed by atoms with van der Waals surface area (Å²) < 4.78 is 118. The van der Waals surface area contributed by atoms with E-state index in [0.29, 0.717) is 113 Å². The maximum atomic E-state index is 16.2. The predicted octanol–water partition coefficient (Wildman–Crippen LogP) is 18.7. The zero-order chi connectivity index (χ0) is 98.5. The van der Waals surface area contributed by atoms with Gasteiger partial charge in [-0.05, 0) is 257 Å². The molecule has 6 aromatic rings. The zero-order valence-corrected chi connectivity index (χ0v) is 88.0. The van der Waals surface area contributed by atoms with Crippen molar-refractivity contribution in [2.75, 3.05) is 41.0 Å². The van der Waals surface area contributed by atoms with Gasteiger partial charge >= 0.3 is 18.3 Å². The van der Waals surface area contributed by atoms with Crippen LogP contribution in [-0.2, 0) is 117 Å². The maximum absolute atomic E-state index is 16.2. The van der Waals surface area contributed by atoms with Crippen LogP contribution in [0.5, 0.6) is 34.6 Å². The van der Waals surface area contributed by atoms with Gasteiger partial charge in [-0.25, -0.2) is 48.2 Å². The van der Waals surface area contributed by atoms with E-state index in [4.69, 9.17) is 47.6 Å². The number of aryl methyl sites for hydroxylation is 1. The Balaban J connectivity index is 0.000000176. The Hall–Kier alpha value is -8.61. The first kappa shape index (κ1) is 110. The van der Waals surface area contributed by atoms with Crippen LogP contribution in [0.1, 0.15) is 248 Å². The van der Waals surface area contributed by atoms with Gasteiger partial charge in [-0.15, -0.1) is 0 Å². The Morgan fingerprint density at radius 1 is 0.411 bits per heavy atom. The molecule has 12 aliphatic rings. The minimum Gasteiger partial charge on any atom is -0.540 e. The number of carbonyl (C=O) groups excluding carboxylic acids is 9. The normalized spacial score (nSPS) is 32.1. The molecule has 3 saturated heterocycles. The molecule has 0 unspecified atom stereocenters. The average molecular weight is 2070 g/mol. The summed E-state index contributed by atoms with van der Waals surface area (Å²) in [5.74, 6) is -4.33. The summed E-state index contributed by atoms with van der Waals surface area (Å²) in [7, 11) is 4.68. The molecule has 765 valence electrons. The van der Waals surface area contributed by atoms with Crippen molar-refractivity contribution in [2.45, 2.75) is 322 Å². The van der Waals surface area contributed by atoms with Gasteiger partial charge in [-0.2, -0.15) is 17.6 Å². The molecule has 18 rings (SSSR count). The van der Waals surface area contributed by atoms with Crippen molar-refractivity contribution >= 4 is 87.6 Å². The Morgan fingerprint density at radius 3 is 1.16 bits per heavy atom. The number of hydrogen-bond donors (Lipinski definition) is 3. The molecule has 6 aliphatic heterocycles. The molecule has 34 heteroatoms. The van der Waals surface area contributed by atoms with Crippen LogP contribution >= 0.6 is 0 Å². The second kappa shape index (κ2) is 45.2. The number of benzene rings is 3. The van der Waals surface area contributed by atoms with E-state index < -0.39 is 149 Å². The van der Waals surface area contributed by atoms with Gasteiger partial charge in [-0.3, -0.25) is 14.4 Å². The smallest absolute Gasteiger partial charge is 0.408 e. The summed E-state index contributed by atoms with van der Waals surface area (Å²) in [5.41, 5.74) is -0.426. The van der Waals surface area contributed by atoms with Crippen molar-refractivity contribution < 1.29 is 159 Å². The number of fused-ring (bicyclic) bond motifs is 27. The standard InChI is InChI=1S/C36H46F2N3O6.C36H48N3O6.C35H44F2N3O6.3V/c1-6-24-27(19-42)41-18-29(24)46-28-17-22-16-23(45-5)12-13-26(22)39-31(28)36(37,38)14-8-7-9-25-20-10-11-21(15-20)30(25)47-34(44)40-32(33(41)43)35(2,3)4;1-6-26-29(20-40)39-19-30(26)44-33-24(17-22-14-15-25(43-5)18-28(22)37-33)10-8-7-9-11-27-21-12-13-23(16-21)31(27)45-35(42)38-32(34(39)41)36(2,3)4;1-19-26(18-41)40-17-28(19)45-27-16-22-15-23(44-5)11-12-25(22)38-30(27)35(36,37)13-7-6-8-24-20-9-10-21(14-20)29(24)46-33(43)39-31(32(40)42)34(2,3)4;;;/h12-13,16-17,20-21,24-25,27,29-30,32H,6-11,14-15,18H2,1-5H3,(H,40,44);14-15,17-18,21,23,26-27,29-32H,6-13,16,19H2,1-5H3,(H,38,42);11-12,15-16,19-21,24,26,28-29,31H,6-10,13-14,17H2,1-5H3,(H,39,43);;;/q3*-1;;;/t20-,21+,24+,25-,27-,29+,30-,32-;21-,23+,26+,27-,29-,30+,31-,32-;19-,20+,21-,24+,26+,28-,29+,31+;;;/m110.../s1. The topological polar surface area (TPSA) is 321 Å². The number of rotatable bonds is 8. The second-order valence-electron chi connectivity index (χ2n) is 44.4. The fourth-order valence-electron chi connectivity index (χ4n) is 25.2. The molecule has 3 aromatic heterocycles. The zero-order valence-electron chi connectivity index (χ0n) is 83.8. The summed E-state index contributed by atoms with van der Waals surface area (Å²) in [6.45, 7) is 22.5. The Kier molecular flexibility index (Phi) is 35.1. The first-order valence-electron chi connectivity index (χ1n) is 50.4. The molecule has 0 spiro atoms. The van der Waals surface area contributed by atoms with Crippen molar-refractivity contribution in [3.05, 3.63) is 89.7 Å². The van der Waals surface area contributed by atoms with E-state index >= 15 is 17.6 Å². The summed E-state index contributed by atoms with van der Waals surface area (Å²) >= 11 is 0. The molecule has 24 atom stereocenters. The molecule has 3 N–H and O–H groups in total. The number of halogens is 4. The van der Waals surface area contributed by atoms with E-state index in [2.05, 4.69) is 38.3 Å². The first-order valence-corrected chi connectivity index (χ1v) is 50.4. The van der Waals surface area contributed by atoms with Gasteiger partial charge in [0.25, 0.3) is 11.8 Å². The molecule has 3 radical (unpaired) electrons. The van der Waals surface area contributed by atoms with Crippen molar-refractivity contribution in [3.63, 3.8) is 0 Å². The van der Waals surface area contributed by atoms with E-state index in [1.54, 1.807) is 67.5 Å². The van der Waals surface area contributed by atoms with Gasteiger partial charge in [0, 0.05) is 96.3 Å². The van der Waals surface area contributed by atoms with Crippen molar-refractivity contribution in [1.82, 2.24) is 45.6 Å². The van der Waals surface area contributed by atoms with Crippen molar-refractivity contribution in [1.29, 1.82) is 0 Å². The molecular weight excluding hydrogens is 1930 g/mol. The fourth-order valence-corrected chi connectivity index (χ4v) is 25.2. The van der Waals surface area contributed by atoms with E-state index in [0.717, 1.165) is 99.9 Å². The van der Waals surface area contributed by atoms with Crippen LogP contribution < -0.4 is 44.4 Å². The van der Waals surface area contributed by atoms with Crippen LogP contribution in [0.15, 0.2) is 72.8 Å². The summed E-state index contributed by atoms with van der Waals surface area (Å²) in [6, 6.07) is 15.5. The number of alkyl halides is 4. The van der Waals surface area contributed by atoms with Crippen LogP contribution in [0.25, 0.3) is 32.7 Å².